The molecule has 0 spiro atoms. The highest BCUT2D eigenvalue weighted by atomic mass is 35.5. The van der Waals surface area contributed by atoms with E-state index in [0.29, 0.717) is 5.02 Å². The van der Waals surface area contributed by atoms with Crippen molar-refractivity contribution in [3.63, 3.8) is 0 Å². The Morgan fingerprint density at radius 2 is 1.58 bits per heavy atom. The molecule has 0 fully saturated rings. The van der Waals surface area contributed by atoms with Crippen LogP contribution in [0.15, 0.2) is 83.8 Å². The second kappa shape index (κ2) is 12.2. The molecule has 1 N–H and O–H groups in total. The molecular formula is C27H30ClN3O4S. The quantitative estimate of drug-likeness (QED) is 0.436. The number of hydrogen-bond donors (Lipinski definition) is 1. The van der Waals surface area contributed by atoms with Gasteiger partial charge in [0, 0.05) is 32.1 Å². The molecule has 0 saturated carbocycles. The van der Waals surface area contributed by atoms with Crippen LogP contribution in [-0.2, 0) is 32.6 Å². The predicted molar refractivity (Wildman–Crippen MR) is 141 cm³/mol. The van der Waals surface area contributed by atoms with Gasteiger partial charge in [0.05, 0.1) is 11.4 Å². The van der Waals surface area contributed by atoms with E-state index in [0.717, 1.165) is 21.0 Å². The first-order chi connectivity index (χ1) is 17.1. The molecule has 3 aromatic carbocycles. The van der Waals surface area contributed by atoms with Crippen molar-refractivity contribution in [3.05, 3.63) is 101 Å². The van der Waals surface area contributed by atoms with E-state index < -0.39 is 28.5 Å². The maximum Gasteiger partial charge on any atom is 0.243 e. The molecule has 3 rings (SSSR count). The summed E-state index contributed by atoms with van der Waals surface area (Å²) < 4.78 is 27.2. The number of benzene rings is 3. The number of likely N-dealkylation sites (N-methyl/N-ethyl adjacent to an activating group) is 2. The molecule has 0 aliphatic rings. The van der Waals surface area contributed by atoms with E-state index >= 15 is 0 Å². The Bertz CT molecular complexity index is 1300. The van der Waals surface area contributed by atoms with Crippen molar-refractivity contribution in [1.82, 2.24) is 14.5 Å². The SMILES string of the molecule is CNC(=O)C(Cc1ccccc1)N(Cc1cccc(Cl)c1)C(=O)CN(C)S(=O)(=O)c1ccc(C)cc1. The van der Waals surface area contributed by atoms with Crippen LogP contribution in [0.2, 0.25) is 5.02 Å². The zero-order valence-corrected chi connectivity index (χ0v) is 22.1. The fraction of sp³-hybridized carbons (Fsp3) is 0.259. The Balaban J connectivity index is 1.94. The molecule has 36 heavy (non-hydrogen) atoms. The molecule has 0 saturated heterocycles. The van der Waals surface area contributed by atoms with Gasteiger partial charge in [-0.25, -0.2) is 8.42 Å². The average Bonchev–Trinajstić information content (AvgIpc) is 2.86. The summed E-state index contributed by atoms with van der Waals surface area (Å²) in [5, 5.41) is 3.14. The molecule has 0 radical (unpaired) electrons. The summed E-state index contributed by atoms with van der Waals surface area (Å²) in [6, 6.07) is 21.9. The Kier molecular flexibility index (Phi) is 9.25. The van der Waals surface area contributed by atoms with E-state index in [-0.39, 0.29) is 23.8 Å². The largest absolute Gasteiger partial charge is 0.357 e. The summed E-state index contributed by atoms with van der Waals surface area (Å²) in [5.41, 5.74) is 2.52. The monoisotopic (exact) mass is 527 g/mol. The molecule has 1 unspecified atom stereocenters. The lowest BCUT2D eigenvalue weighted by atomic mass is 10.0. The van der Waals surface area contributed by atoms with Gasteiger partial charge in [0.15, 0.2) is 0 Å². The summed E-state index contributed by atoms with van der Waals surface area (Å²) in [7, 11) is -1.04. The summed E-state index contributed by atoms with van der Waals surface area (Å²) in [6.07, 6.45) is 0.265. The standard InChI is InChI=1S/C27H30ClN3O4S/c1-20-12-14-24(15-13-20)36(34,35)30(3)19-26(32)31(18-22-10-7-11-23(28)16-22)25(27(33)29-2)17-21-8-5-4-6-9-21/h4-16,25H,17-19H2,1-3H3,(H,29,33). The Morgan fingerprint density at radius 3 is 2.19 bits per heavy atom. The van der Waals surface area contributed by atoms with Crippen LogP contribution in [0.4, 0.5) is 0 Å². The number of hydrogen-bond acceptors (Lipinski definition) is 4. The van der Waals surface area contributed by atoms with Gasteiger partial charge in [0.2, 0.25) is 21.8 Å². The second-order valence-electron chi connectivity index (χ2n) is 8.55. The van der Waals surface area contributed by atoms with Crippen LogP contribution in [0.3, 0.4) is 0 Å². The first kappa shape index (κ1) is 27.4. The van der Waals surface area contributed by atoms with Crippen LogP contribution in [0.5, 0.6) is 0 Å². The van der Waals surface area contributed by atoms with E-state index in [1.165, 1.54) is 31.1 Å². The van der Waals surface area contributed by atoms with Crippen LogP contribution in [0.25, 0.3) is 0 Å². The summed E-state index contributed by atoms with van der Waals surface area (Å²) in [5.74, 6) is -0.851. The van der Waals surface area contributed by atoms with Crippen LogP contribution in [0.1, 0.15) is 16.7 Å². The minimum absolute atomic E-state index is 0.0860. The van der Waals surface area contributed by atoms with Gasteiger partial charge in [-0.3, -0.25) is 9.59 Å². The molecule has 3 aromatic rings. The Labute approximate surface area is 217 Å². The van der Waals surface area contributed by atoms with Crippen molar-refractivity contribution in [2.24, 2.45) is 0 Å². The lowest BCUT2D eigenvalue weighted by molar-refractivity contribution is -0.141. The number of carbonyl (C=O) groups is 2. The zero-order chi connectivity index (χ0) is 26.3. The molecular weight excluding hydrogens is 498 g/mol. The summed E-state index contributed by atoms with van der Waals surface area (Å²) in [6.45, 7) is 1.52. The highest BCUT2D eigenvalue weighted by molar-refractivity contribution is 7.89. The molecule has 9 heteroatoms. The van der Waals surface area contributed by atoms with Crippen molar-refractivity contribution in [2.75, 3.05) is 20.6 Å². The molecule has 7 nitrogen and oxygen atoms in total. The number of halogens is 1. The van der Waals surface area contributed by atoms with E-state index in [1.807, 2.05) is 43.3 Å². The summed E-state index contributed by atoms with van der Waals surface area (Å²) in [4.78, 5) is 28.1. The first-order valence-electron chi connectivity index (χ1n) is 11.4. The van der Waals surface area contributed by atoms with Gasteiger partial charge in [-0.2, -0.15) is 4.31 Å². The van der Waals surface area contributed by atoms with Crippen LogP contribution < -0.4 is 5.32 Å². The highest BCUT2D eigenvalue weighted by Crippen LogP contribution is 2.19. The van der Waals surface area contributed by atoms with E-state index in [2.05, 4.69) is 5.32 Å². The molecule has 0 bridgehead atoms. The zero-order valence-electron chi connectivity index (χ0n) is 20.5. The fourth-order valence-electron chi connectivity index (χ4n) is 3.81. The molecule has 0 aliphatic carbocycles. The Hall–Kier alpha value is -3.20. The lowest BCUT2D eigenvalue weighted by Gasteiger charge is -2.32. The van der Waals surface area contributed by atoms with Crippen molar-refractivity contribution in [2.45, 2.75) is 30.8 Å². The van der Waals surface area contributed by atoms with Gasteiger partial charge in [0.1, 0.15) is 6.04 Å². The number of nitrogens with one attached hydrogen (secondary N) is 1. The number of sulfonamides is 1. The number of amides is 2. The summed E-state index contributed by atoms with van der Waals surface area (Å²) >= 11 is 6.16. The van der Waals surface area contributed by atoms with Crippen molar-refractivity contribution >= 4 is 33.4 Å². The molecule has 0 aliphatic heterocycles. The minimum atomic E-state index is -3.91. The van der Waals surface area contributed by atoms with Crippen LogP contribution in [-0.4, -0.2) is 56.1 Å². The fourth-order valence-corrected chi connectivity index (χ4v) is 5.14. The molecule has 1 atom stereocenters. The van der Waals surface area contributed by atoms with Crippen LogP contribution in [0, 0.1) is 6.92 Å². The van der Waals surface area contributed by atoms with E-state index in [9.17, 15) is 18.0 Å². The van der Waals surface area contributed by atoms with Gasteiger partial charge in [-0.1, -0.05) is 71.8 Å². The third kappa shape index (κ3) is 6.94. The first-order valence-corrected chi connectivity index (χ1v) is 13.3. The lowest BCUT2D eigenvalue weighted by Crippen LogP contribution is -2.52. The number of rotatable bonds is 10. The highest BCUT2D eigenvalue weighted by Gasteiger charge is 2.32. The van der Waals surface area contributed by atoms with Crippen molar-refractivity contribution in [1.29, 1.82) is 0 Å². The maximum atomic E-state index is 13.6. The molecule has 0 heterocycles. The minimum Gasteiger partial charge on any atom is -0.357 e. The number of aryl methyl sites for hydroxylation is 1. The predicted octanol–water partition coefficient (Wildman–Crippen LogP) is 3.66. The average molecular weight is 528 g/mol. The third-order valence-electron chi connectivity index (χ3n) is 5.85. The Morgan fingerprint density at radius 1 is 0.944 bits per heavy atom. The van der Waals surface area contributed by atoms with Gasteiger partial charge >= 0.3 is 0 Å². The van der Waals surface area contributed by atoms with Gasteiger partial charge in [0.25, 0.3) is 0 Å². The van der Waals surface area contributed by atoms with E-state index in [1.54, 1.807) is 30.3 Å². The molecule has 2 amide bonds. The molecule has 0 aromatic heterocycles. The maximum absolute atomic E-state index is 13.6. The van der Waals surface area contributed by atoms with Gasteiger partial charge in [-0.05, 0) is 42.3 Å². The van der Waals surface area contributed by atoms with Crippen molar-refractivity contribution in [3.8, 4) is 0 Å². The molecule has 190 valence electrons. The van der Waals surface area contributed by atoms with Crippen molar-refractivity contribution < 1.29 is 18.0 Å². The normalized spacial score (nSPS) is 12.2. The third-order valence-corrected chi connectivity index (χ3v) is 7.90. The number of carbonyl (C=O) groups excluding carboxylic acids is 2. The number of nitrogens with zero attached hydrogens (tertiary/aromatic N) is 2. The van der Waals surface area contributed by atoms with Gasteiger partial charge in [-0.15, -0.1) is 0 Å². The van der Waals surface area contributed by atoms with E-state index in [4.69, 9.17) is 11.6 Å². The smallest absolute Gasteiger partial charge is 0.243 e. The topological polar surface area (TPSA) is 86.8 Å². The van der Waals surface area contributed by atoms with Crippen LogP contribution >= 0.6 is 11.6 Å². The van der Waals surface area contributed by atoms with Gasteiger partial charge < -0.3 is 10.2 Å². The second-order valence-corrected chi connectivity index (χ2v) is 11.0.